The smallest absolute Gasteiger partial charge is 0.306 e. The minimum atomic E-state index is -4.60. The van der Waals surface area contributed by atoms with E-state index >= 15 is 0 Å². The maximum atomic E-state index is 12.8. The molecule has 330 valence electrons. The van der Waals surface area contributed by atoms with E-state index in [1.165, 1.54) is 32.1 Å². The third-order valence-corrected chi connectivity index (χ3v) is 10.4. The first-order chi connectivity index (χ1) is 27.5. The lowest BCUT2D eigenvalue weighted by molar-refractivity contribution is -0.297. The average Bonchev–Trinajstić information content (AvgIpc) is 3.17. The van der Waals surface area contributed by atoms with Gasteiger partial charge in [0.25, 0.3) is 10.1 Å². The number of aliphatic hydroxyl groups excluding tert-OH is 3. The summed E-state index contributed by atoms with van der Waals surface area (Å²) in [5.41, 5.74) is 0. The van der Waals surface area contributed by atoms with Gasteiger partial charge in [-0.1, -0.05) is 127 Å². The molecule has 0 spiro atoms. The largest absolute Gasteiger partial charge is 0.462 e. The van der Waals surface area contributed by atoms with Crippen molar-refractivity contribution in [2.45, 2.75) is 198 Å². The normalized spacial score (nSPS) is 21.0. The first-order valence-electron chi connectivity index (χ1n) is 21.7. The van der Waals surface area contributed by atoms with E-state index in [1.807, 2.05) is 0 Å². The van der Waals surface area contributed by atoms with Gasteiger partial charge in [0, 0.05) is 12.8 Å². The molecule has 0 aromatic heterocycles. The van der Waals surface area contributed by atoms with Crippen LogP contribution in [0.4, 0.5) is 0 Å². The summed E-state index contributed by atoms with van der Waals surface area (Å²) in [6.45, 7) is 3.65. The van der Waals surface area contributed by atoms with Crippen molar-refractivity contribution in [3.63, 3.8) is 0 Å². The molecule has 0 amide bonds. The van der Waals surface area contributed by atoms with Crippen LogP contribution in [-0.4, -0.2) is 96.0 Å². The SMILES string of the molecule is CCCC/C=C/C/C=C/CCCCCCCC(=O)O[C@H](COC(=O)CCCCCCC/C=C/C/C=C/CCCCC)CO[C@H]1O[C@H](CS(=O)(=O)O)[C@@H](O)C(O)C1O. The second kappa shape index (κ2) is 34.5. The van der Waals surface area contributed by atoms with E-state index in [2.05, 4.69) is 62.5 Å². The Balaban J connectivity index is 2.49. The fraction of sp³-hybridized carbons (Fsp3) is 0.773. The molecule has 0 aromatic rings. The van der Waals surface area contributed by atoms with Gasteiger partial charge in [0.2, 0.25) is 0 Å². The summed E-state index contributed by atoms with van der Waals surface area (Å²) < 4.78 is 54.0. The Labute approximate surface area is 343 Å². The highest BCUT2D eigenvalue weighted by Crippen LogP contribution is 2.24. The standard InChI is InChI=1S/C44H76O12S/c1-3-5-7-9-11-13-15-17-19-21-22-24-26-28-30-32-39(45)53-34-37(35-54-44-43(49)42(48)41(47)38(56-44)36-57(50,51)52)55-40(46)33-31-29-27-25-23-20-18-16-14-12-10-8-6-4-2/h10-13,16-19,37-38,41-44,47-49H,3-9,14-15,20-36H2,1-2H3,(H,50,51,52)/b12-10+,13-11+,18-16+,19-17+/t37-,38-,41-,42?,43?,44+/m1/s1. The fourth-order valence-corrected chi connectivity index (χ4v) is 6.88. The average molecular weight is 829 g/mol. The molecular formula is C44H76O12S. The highest BCUT2D eigenvalue weighted by atomic mass is 32.2. The quantitative estimate of drug-likeness (QED) is 0.0207. The zero-order valence-corrected chi connectivity index (χ0v) is 35.7. The van der Waals surface area contributed by atoms with Crippen molar-refractivity contribution in [3.8, 4) is 0 Å². The van der Waals surface area contributed by atoms with Crippen LogP contribution in [0.25, 0.3) is 0 Å². The molecule has 0 aromatic carbocycles. The Morgan fingerprint density at radius 1 is 0.596 bits per heavy atom. The highest BCUT2D eigenvalue weighted by molar-refractivity contribution is 7.85. The van der Waals surface area contributed by atoms with Gasteiger partial charge in [-0.25, -0.2) is 0 Å². The third-order valence-electron chi connectivity index (χ3n) is 9.63. The van der Waals surface area contributed by atoms with Crippen LogP contribution in [0.15, 0.2) is 48.6 Å². The van der Waals surface area contributed by atoms with Crippen molar-refractivity contribution in [3.05, 3.63) is 48.6 Å². The Morgan fingerprint density at radius 3 is 1.60 bits per heavy atom. The first kappa shape index (κ1) is 52.6. The van der Waals surface area contributed by atoms with Crippen LogP contribution < -0.4 is 0 Å². The Bertz CT molecular complexity index is 1250. The Hall–Kier alpha value is -2.39. The molecule has 1 saturated heterocycles. The summed E-state index contributed by atoms with van der Waals surface area (Å²) in [5.74, 6) is -2.02. The van der Waals surface area contributed by atoms with Crippen LogP contribution in [0.1, 0.15) is 162 Å². The van der Waals surface area contributed by atoms with Gasteiger partial charge in [-0.05, 0) is 70.6 Å². The molecule has 4 N–H and O–H groups in total. The number of rotatable bonds is 35. The van der Waals surface area contributed by atoms with Crippen molar-refractivity contribution >= 4 is 22.1 Å². The predicted octanol–water partition coefficient (Wildman–Crippen LogP) is 8.39. The van der Waals surface area contributed by atoms with Gasteiger partial charge in [-0.3, -0.25) is 14.1 Å². The molecule has 1 aliphatic rings. The molecule has 0 saturated carbocycles. The van der Waals surface area contributed by atoms with E-state index in [9.17, 15) is 37.9 Å². The number of ether oxygens (including phenoxy) is 4. The van der Waals surface area contributed by atoms with Crippen molar-refractivity contribution < 1.29 is 56.8 Å². The van der Waals surface area contributed by atoms with Gasteiger partial charge >= 0.3 is 11.9 Å². The number of unbranched alkanes of at least 4 members (excludes halogenated alkanes) is 15. The van der Waals surface area contributed by atoms with Gasteiger partial charge < -0.3 is 34.3 Å². The van der Waals surface area contributed by atoms with E-state index in [0.717, 1.165) is 89.9 Å². The summed E-state index contributed by atoms with van der Waals surface area (Å²) in [6, 6.07) is 0. The molecule has 0 radical (unpaired) electrons. The second-order valence-corrected chi connectivity index (χ2v) is 16.5. The molecule has 57 heavy (non-hydrogen) atoms. The van der Waals surface area contributed by atoms with Gasteiger partial charge in [-0.15, -0.1) is 0 Å². The van der Waals surface area contributed by atoms with Crippen molar-refractivity contribution in [1.82, 2.24) is 0 Å². The molecule has 0 aliphatic carbocycles. The minimum Gasteiger partial charge on any atom is -0.462 e. The molecule has 0 bridgehead atoms. The lowest BCUT2D eigenvalue weighted by Gasteiger charge is -2.40. The van der Waals surface area contributed by atoms with Crippen LogP contribution in [0.3, 0.4) is 0 Å². The van der Waals surface area contributed by atoms with E-state index in [0.29, 0.717) is 12.8 Å². The number of carbonyl (C=O) groups excluding carboxylic acids is 2. The molecule has 2 unspecified atom stereocenters. The highest BCUT2D eigenvalue weighted by Gasteiger charge is 2.46. The Morgan fingerprint density at radius 2 is 1.07 bits per heavy atom. The molecule has 1 fully saturated rings. The second-order valence-electron chi connectivity index (χ2n) is 15.0. The van der Waals surface area contributed by atoms with Crippen LogP contribution in [0, 0.1) is 0 Å². The summed E-state index contributed by atoms with van der Waals surface area (Å²) in [7, 11) is -4.60. The first-order valence-corrected chi connectivity index (χ1v) is 23.3. The number of hydrogen-bond donors (Lipinski definition) is 4. The lowest BCUT2D eigenvalue weighted by atomic mass is 10.00. The number of esters is 2. The van der Waals surface area contributed by atoms with Gasteiger partial charge in [0.15, 0.2) is 12.4 Å². The van der Waals surface area contributed by atoms with Crippen molar-refractivity contribution in [2.75, 3.05) is 19.0 Å². The third kappa shape index (κ3) is 29.5. The van der Waals surface area contributed by atoms with E-state index in [-0.39, 0.29) is 19.4 Å². The lowest BCUT2D eigenvalue weighted by Crippen LogP contribution is -2.60. The molecule has 12 nitrogen and oxygen atoms in total. The molecule has 13 heteroatoms. The zero-order chi connectivity index (χ0) is 42.0. The number of carbonyl (C=O) groups is 2. The number of hydrogen-bond acceptors (Lipinski definition) is 11. The molecule has 1 rings (SSSR count). The topological polar surface area (TPSA) is 186 Å². The van der Waals surface area contributed by atoms with E-state index < -0.39 is 71.2 Å². The van der Waals surface area contributed by atoms with Crippen LogP contribution >= 0.6 is 0 Å². The summed E-state index contributed by atoms with van der Waals surface area (Å²) >= 11 is 0. The van der Waals surface area contributed by atoms with Gasteiger partial charge in [0.05, 0.1) is 6.61 Å². The van der Waals surface area contributed by atoms with Crippen molar-refractivity contribution in [1.29, 1.82) is 0 Å². The number of aliphatic hydroxyl groups is 3. The van der Waals surface area contributed by atoms with Gasteiger partial charge in [0.1, 0.15) is 36.8 Å². The van der Waals surface area contributed by atoms with Crippen LogP contribution in [-0.2, 0) is 38.7 Å². The molecule has 6 atom stereocenters. The minimum absolute atomic E-state index is 0.143. The maximum Gasteiger partial charge on any atom is 0.306 e. The van der Waals surface area contributed by atoms with E-state index in [4.69, 9.17) is 18.9 Å². The molecular weight excluding hydrogens is 753 g/mol. The monoisotopic (exact) mass is 829 g/mol. The van der Waals surface area contributed by atoms with Gasteiger partial charge in [-0.2, -0.15) is 8.42 Å². The van der Waals surface area contributed by atoms with Crippen LogP contribution in [0.2, 0.25) is 0 Å². The maximum absolute atomic E-state index is 12.8. The molecule has 1 heterocycles. The zero-order valence-electron chi connectivity index (χ0n) is 34.9. The fourth-order valence-electron chi connectivity index (χ4n) is 6.19. The Kier molecular flexibility index (Phi) is 31.8. The number of allylic oxidation sites excluding steroid dienone is 8. The van der Waals surface area contributed by atoms with Crippen LogP contribution in [0.5, 0.6) is 0 Å². The van der Waals surface area contributed by atoms with E-state index in [1.54, 1.807) is 0 Å². The summed E-state index contributed by atoms with van der Waals surface area (Å²) in [4.78, 5) is 25.3. The summed E-state index contributed by atoms with van der Waals surface area (Å²) in [6.07, 6.45) is 30.1. The predicted molar refractivity (Wildman–Crippen MR) is 224 cm³/mol. The summed E-state index contributed by atoms with van der Waals surface area (Å²) in [5, 5.41) is 30.8. The molecule has 1 aliphatic heterocycles. The van der Waals surface area contributed by atoms with Crippen molar-refractivity contribution in [2.24, 2.45) is 0 Å².